The Hall–Kier alpha value is -1.98. The van der Waals surface area contributed by atoms with Crippen LogP contribution in [-0.4, -0.2) is 57.4 Å². The first kappa shape index (κ1) is 21.3. The maximum Gasteiger partial charge on any atom is 0.490 e. The minimum atomic E-state index is -5.08. The summed E-state index contributed by atoms with van der Waals surface area (Å²) in [4.78, 5) is 12.7. The molecule has 11 heteroatoms. The van der Waals surface area contributed by atoms with Crippen molar-refractivity contribution >= 4 is 17.3 Å². The number of halogens is 3. The number of carboxylic acids is 1. The van der Waals surface area contributed by atoms with Gasteiger partial charge in [0.25, 0.3) is 0 Å². The number of methoxy groups -OCH3 is 1. The Morgan fingerprint density at radius 3 is 2.70 bits per heavy atom. The Balaban J connectivity index is 0.000000321. The average Bonchev–Trinajstić information content (AvgIpc) is 3.24. The standard InChI is InChI=1S/C14H20N4OS.C2HF3O2/c1-3-18-14-11(10-19-2)7-17(9-13(14)15-16-18)8-12-5-4-6-20-12;3-2(4,5)1(6)7/h4-6,11H,3,7-10H2,1-2H3;(H,6,7). The van der Waals surface area contributed by atoms with Gasteiger partial charge in [0.1, 0.15) is 5.69 Å². The Labute approximate surface area is 158 Å². The van der Waals surface area contributed by atoms with E-state index in [0.717, 1.165) is 38.5 Å². The van der Waals surface area contributed by atoms with Crippen LogP contribution in [0.25, 0.3) is 0 Å². The molecular formula is C16H21F3N4O3S. The van der Waals surface area contributed by atoms with Crippen molar-refractivity contribution in [2.75, 3.05) is 20.3 Å². The van der Waals surface area contributed by atoms with Crippen LogP contribution in [0.4, 0.5) is 13.2 Å². The minimum absolute atomic E-state index is 0.360. The zero-order chi connectivity index (χ0) is 20.0. The van der Waals surface area contributed by atoms with Crippen molar-refractivity contribution in [2.45, 2.75) is 38.7 Å². The molecule has 0 aliphatic carbocycles. The van der Waals surface area contributed by atoms with Crippen molar-refractivity contribution in [1.29, 1.82) is 0 Å². The predicted molar refractivity (Wildman–Crippen MR) is 92.4 cm³/mol. The van der Waals surface area contributed by atoms with Crippen molar-refractivity contribution in [1.82, 2.24) is 19.9 Å². The Morgan fingerprint density at radius 1 is 1.48 bits per heavy atom. The van der Waals surface area contributed by atoms with Gasteiger partial charge in [-0.15, -0.1) is 16.4 Å². The van der Waals surface area contributed by atoms with Gasteiger partial charge in [0.15, 0.2) is 0 Å². The normalized spacial score (nSPS) is 17.1. The first-order chi connectivity index (χ1) is 12.8. The highest BCUT2D eigenvalue weighted by Crippen LogP contribution is 2.28. The molecule has 0 fully saturated rings. The fourth-order valence-corrected chi connectivity index (χ4v) is 3.65. The number of aliphatic carboxylic acids is 1. The summed E-state index contributed by atoms with van der Waals surface area (Å²) in [5, 5.41) is 17.9. The number of fused-ring (bicyclic) bond motifs is 1. The lowest BCUT2D eigenvalue weighted by atomic mass is 9.99. The van der Waals surface area contributed by atoms with Gasteiger partial charge in [0.05, 0.1) is 12.3 Å². The van der Waals surface area contributed by atoms with E-state index in [4.69, 9.17) is 14.6 Å². The lowest BCUT2D eigenvalue weighted by Crippen LogP contribution is -2.35. The molecule has 2 aromatic heterocycles. The van der Waals surface area contributed by atoms with E-state index in [0.29, 0.717) is 5.92 Å². The van der Waals surface area contributed by atoms with Crippen LogP contribution in [0, 0.1) is 0 Å². The van der Waals surface area contributed by atoms with Gasteiger partial charge in [-0.3, -0.25) is 4.90 Å². The number of aromatic nitrogens is 3. The van der Waals surface area contributed by atoms with Crippen LogP contribution >= 0.6 is 11.3 Å². The number of nitrogens with zero attached hydrogens (tertiary/aromatic N) is 4. The number of thiophene rings is 1. The van der Waals surface area contributed by atoms with E-state index >= 15 is 0 Å². The summed E-state index contributed by atoms with van der Waals surface area (Å²) < 4.78 is 39.1. The SMILES string of the molecule is CCn1nnc2c1C(COC)CN(Cc1cccs1)C2.O=C(O)C(F)(F)F. The first-order valence-corrected chi connectivity index (χ1v) is 9.10. The molecule has 0 spiro atoms. The molecule has 1 N–H and O–H groups in total. The third kappa shape index (κ3) is 5.75. The van der Waals surface area contributed by atoms with E-state index in [-0.39, 0.29) is 0 Å². The quantitative estimate of drug-likeness (QED) is 0.823. The zero-order valence-electron chi connectivity index (χ0n) is 14.9. The molecule has 3 heterocycles. The third-order valence-electron chi connectivity index (χ3n) is 3.96. The van der Waals surface area contributed by atoms with E-state index in [1.165, 1.54) is 10.6 Å². The molecule has 0 saturated heterocycles. The van der Waals surface area contributed by atoms with Gasteiger partial charge in [-0.25, -0.2) is 9.48 Å². The van der Waals surface area contributed by atoms with Crippen molar-refractivity contribution in [3.8, 4) is 0 Å². The summed E-state index contributed by atoms with van der Waals surface area (Å²) in [5.74, 6) is -2.40. The van der Waals surface area contributed by atoms with E-state index in [2.05, 4.69) is 39.6 Å². The number of hydrogen-bond donors (Lipinski definition) is 1. The highest BCUT2D eigenvalue weighted by Gasteiger charge is 2.38. The van der Waals surface area contributed by atoms with Gasteiger partial charge < -0.3 is 9.84 Å². The molecule has 7 nitrogen and oxygen atoms in total. The number of carboxylic acid groups (broad SMARTS) is 1. The molecule has 1 unspecified atom stereocenters. The smallest absolute Gasteiger partial charge is 0.475 e. The van der Waals surface area contributed by atoms with Crippen molar-refractivity contribution in [2.24, 2.45) is 0 Å². The van der Waals surface area contributed by atoms with Gasteiger partial charge in [-0.2, -0.15) is 13.2 Å². The maximum absolute atomic E-state index is 10.6. The highest BCUT2D eigenvalue weighted by molar-refractivity contribution is 7.09. The number of carbonyl (C=O) groups is 1. The number of rotatable bonds is 5. The second-order valence-electron chi connectivity index (χ2n) is 5.94. The summed E-state index contributed by atoms with van der Waals surface area (Å²) >= 11 is 1.81. The van der Waals surface area contributed by atoms with Crippen LogP contribution in [0.5, 0.6) is 0 Å². The van der Waals surface area contributed by atoms with Gasteiger partial charge in [0, 0.05) is 44.1 Å². The monoisotopic (exact) mass is 406 g/mol. The van der Waals surface area contributed by atoms with Crippen LogP contribution < -0.4 is 0 Å². The van der Waals surface area contributed by atoms with E-state index in [9.17, 15) is 13.2 Å². The van der Waals surface area contributed by atoms with Gasteiger partial charge in [-0.1, -0.05) is 11.3 Å². The van der Waals surface area contributed by atoms with Crippen LogP contribution in [0.15, 0.2) is 17.5 Å². The van der Waals surface area contributed by atoms with E-state index in [1.54, 1.807) is 7.11 Å². The Kier molecular flexibility index (Phi) is 7.33. The van der Waals surface area contributed by atoms with Gasteiger partial charge >= 0.3 is 12.1 Å². The van der Waals surface area contributed by atoms with Crippen LogP contribution in [-0.2, 0) is 29.2 Å². The highest BCUT2D eigenvalue weighted by atomic mass is 32.1. The van der Waals surface area contributed by atoms with Crippen LogP contribution in [0.1, 0.15) is 29.1 Å². The lowest BCUT2D eigenvalue weighted by Gasteiger charge is -2.31. The van der Waals surface area contributed by atoms with Gasteiger partial charge in [0.2, 0.25) is 0 Å². The average molecular weight is 406 g/mol. The molecule has 27 heavy (non-hydrogen) atoms. The topological polar surface area (TPSA) is 80.5 Å². The molecule has 1 aliphatic rings. The van der Waals surface area contributed by atoms with Gasteiger partial charge in [-0.05, 0) is 18.4 Å². The summed E-state index contributed by atoms with van der Waals surface area (Å²) in [5.41, 5.74) is 2.37. The predicted octanol–water partition coefficient (Wildman–Crippen LogP) is 2.74. The minimum Gasteiger partial charge on any atom is -0.475 e. The Morgan fingerprint density at radius 2 is 2.19 bits per heavy atom. The largest absolute Gasteiger partial charge is 0.490 e. The zero-order valence-corrected chi connectivity index (χ0v) is 15.8. The third-order valence-corrected chi connectivity index (χ3v) is 4.82. The number of aryl methyl sites for hydroxylation is 1. The fourth-order valence-electron chi connectivity index (χ4n) is 2.90. The molecule has 0 radical (unpaired) electrons. The van der Waals surface area contributed by atoms with E-state index in [1.807, 2.05) is 16.0 Å². The lowest BCUT2D eigenvalue weighted by molar-refractivity contribution is -0.192. The number of ether oxygens (including phenoxy) is 1. The molecule has 2 aromatic rings. The molecule has 150 valence electrons. The molecule has 1 aliphatic heterocycles. The Bertz CT molecular complexity index is 734. The summed E-state index contributed by atoms with van der Waals surface area (Å²) in [6, 6.07) is 4.30. The summed E-state index contributed by atoms with van der Waals surface area (Å²) in [7, 11) is 1.76. The molecule has 0 aromatic carbocycles. The molecule has 3 rings (SSSR count). The fraction of sp³-hybridized carbons (Fsp3) is 0.562. The number of hydrogen-bond acceptors (Lipinski definition) is 6. The number of alkyl halides is 3. The molecule has 1 atom stereocenters. The van der Waals surface area contributed by atoms with Crippen molar-refractivity contribution in [3.05, 3.63) is 33.8 Å². The van der Waals surface area contributed by atoms with Crippen molar-refractivity contribution in [3.63, 3.8) is 0 Å². The summed E-state index contributed by atoms with van der Waals surface area (Å²) in [6.45, 7) is 6.57. The van der Waals surface area contributed by atoms with Crippen LogP contribution in [0.3, 0.4) is 0 Å². The van der Waals surface area contributed by atoms with E-state index < -0.39 is 12.1 Å². The van der Waals surface area contributed by atoms with Crippen LogP contribution in [0.2, 0.25) is 0 Å². The molecule has 0 saturated carbocycles. The molecular weight excluding hydrogens is 385 g/mol. The van der Waals surface area contributed by atoms with Crippen molar-refractivity contribution < 1.29 is 27.8 Å². The summed E-state index contributed by atoms with van der Waals surface area (Å²) in [6.07, 6.45) is -5.08. The second-order valence-corrected chi connectivity index (χ2v) is 6.97. The molecule has 0 bridgehead atoms. The second kappa shape index (κ2) is 9.29. The first-order valence-electron chi connectivity index (χ1n) is 8.22. The maximum atomic E-state index is 10.6. The molecule has 0 amide bonds.